The van der Waals surface area contributed by atoms with Crippen molar-refractivity contribution >= 4 is 0 Å². The molecule has 8 heteroatoms. The second kappa shape index (κ2) is 16.8. The van der Waals surface area contributed by atoms with E-state index in [0.717, 1.165) is 55.9 Å². The van der Waals surface area contributed by atoms with Gasteiger partial charge < -0.3 is 9.97 Å². The van der Waals surface area contributed by atoms with Gasteiger partial charge in [-0.15, -0.1) is 0 Å². The summed E-state index contributed by atoms with van der Waals surface area (Å²) in [5.74, 6) is 13.2. The molecule has 6 heterocycles. The van der Waals surface area contributed by atoms with Crippen molar-refractivity contribution < 1.29 is 0 Å². The van der Waals surface area contributed by atoms with Crippen LogP contribution in [0, 0.1) is 23.7 Å². The van der Waals surface area contributed by atoms with E-state index in [1.165, 1.54) is 12.1 Å². The van der Waals surface area contributed by atoms with Gasteiger partial charge in [0.25, 0.3) is 0 Å². The zero-order chi connectivity index (χ0) is 40.7. The Hall–Kier alpha value is -8.72. The maximum Gasteiger partial charge on any atom is 0.248 e. The van der Waals surface area contributed by atoms with Gasteiger partial charge in [-0.25, -0.2) is 9.97 Å². The summed E-state index contributed by atoms with van der Waals surface area (Å²) in [5.41, 5.74) is 12.3. The van der Waals surface area contributed by atoms with Crippen molar-refractivity contribution in [1.82, 2.24) is 29.9 Å². The summed E-state index contributed by atoms with van der Waals surface area (Å²) < 4.78 is 0. The van der Waals surface area contributed by atoms with Crippen molar-refractivity contribution in [3.63, 3.8) is 0 Å². The molecule has 9 aromatic rings. The van der Waals surface area contributed by atoms with Crippen molar-refractivity contribution in [3.8, 4) is 91.5 Å². The van der Waals surface area contributed by atoms with E-state index < -0.39 is 0 Å². The molecule has 3 aromatic carbocycles. The monoisotopic (exact) mass is 772 g/mol. The molecule has 0 saturated heterocycles. The molecular weight excluding hydrogens is 741 g/mol. The van der Waals surface area contributed by atoms with Crippen LogP contribution in [0.25, 0.3) is 67.8 Å². The fourth-order valence-corrected chi connectivity index (χ4v) is 6.61. The lowest BCUT2D eigenvalue weighted by Crippen LogP contribution is -2.04. The van der Waals surface area contributed by atoms with Gasteiger partial charge in [0.15, 0.2) is 0 Å². The Balaban J connectivity index is 0.931. The predicted octanol–water partition coefficient (Wildman–Crippen LogP) is 9.44. The first-order valence-corrected chi connectivity index (χ1v) is 19.1. The standard InChI is InChI=1S/C52H32N6O2/c59-51-14-6-12-45(57-51)49-33-41(31-47(55-49)43-10-1-3-28-53-43)39-24-20-35(21-25-39)16-18-37-8-5-9-38(30-37)19-17-36-22-26-40(27-23-36)42-32-48(44-11-2-4-29-54-44)56-50(34-42)46-13-7-15-52(60)58-46/h1-15,20-34H,(H,57,59)(H,58,60). The lowest BCUT2D eigenvalue weighted by Gasteiger charge is -2.10. The maximum absolute atomic E-state index is 12.1. The first-order valence-electron chi connectivity index (χ1n) is 19.1. The van der Waals surface area contributed by atoms with Crippen LogP contribution in [0.1, 0.15) is 22.3 Å². The van der Waals surface area contributed by atoms with Gasteiger partial charge in [-0.2, -0.15) is 0 Å². The van der Waals surface area contributed by atoms with Gasteiger partial charge in [-0.3, -0.25) is 19.6 Å². The van der Waals surface area contributed by atoms with E-state index in [-0.39, 0.29) is 11.1 Å². The summed E-state index contributed by atoms with van der Waals surface area (Å²) in [6.07, 6.45) is 3.47. The summed E-state index contributed by atoms with van der Waals surface area (Å²) in [5, 5.41) is 0. The van der Waals surface area contributed by atoms with Crippen LogP contribution in [0.15, 0.2) is 192 Å². The number of H-pyrrole nitrogens is 2. The predicted molar refractivity (Wildman–Crippen MR) is 236 cm³/mol. The molecule has 0 saturated carbocycles. The van der Waals surface area contributed by atoms with Gasteiger partial charge in [-0.1, -0.05) is 78.3 Å². The smallest absolute Gasteiger partial charge is 0.248 e. The summed E-state index contributed by atoms with van der Waals surface area (Å²) >= 11 is 0. The molecular formula is C52H32N6O2. The second-order valence-corrected chi connectivity index (χ2v) is 13.8. The SMILES string of the molecule is O=c1cccc(-c2cc(-c3ccc(C#Cc4cccc(C#Cc5ccc(-c6cc(-c7ccccn7)nc(-c7cccc(=O)[nH]7)c6)cc5)c4)cc3)cc(-c3ccccn3)n2)[nH]1. The minimum absolute atomic E-state index is 0.191. The van der Waals surface area contributed by atoms with Gasteiger partial charge in [0.1, 0.15) is 0 Å². The van der Waals surface area contributed by atoms with Crippen LogP contribution in [0.4, 0.5) is 0 Å². The number of hydrogen-bond acceptors (Lipinski definition) is 6. The van der Waals surface area contributed by atoms with Crippen LogP contribution in [0.5, 0.6) is 0 Å². The zero-order valence-corrected chi connectivity index (χ0v) is 31.9. The van der Waals surface area contributed by atoms with E-state index >= 15 is 0 Å². The fraction of sp³-hybridized carbons (Fsp3) is 0. The first kappa shape index (κ1) is 36.9. The largest absolute Gasteiger partial charge is 0.321 e. The van der Waals surface area contributed by atoms with Gasteiger partial charge in [0.05, 0.1) is 45.6 Å². The molecule has 0 spiro atoms. The van der Waals surface area contributed by atoms with Crippen LogP contribution in [0.2, 0.25) is 0 Å². The fourth-order valence-electron chi connectivity index (χ4n) is 6.61. The van der Waals surface area contributed by atoms with E-state index in [4.69, 9.17) is 9.97 Å². The molecule has 6 aromatic heterocycles. The summed E-state index contributed by atoms with van der Waals surface area (Å²) in [6, 6.07) is 53.4. The quantitative estimate of drug-likeness (QED) is 0.163. The van der Waals surface area contributed by atoms with Crippen molar-refractivity contribution in [2.45, 2.75) is 0 Å². The molecule has 8 nitrogen and oxygen atoms in total. The maximum atomic E-state index is 12.1. The molecule has 0 amide bonds. The average molecular weight is 773 g/mol. The third-order valence-electron chi connectivity index (χ3n) is 9.60. The number of aromatic amines is 2. The van der Waals surface area contributed by atoms with Crippen molar-refractivity contribution in [3.05, 3.63) is 225 Å². The molecule has 0 radical (unpaired) electrons. The van der Waals surface area contributed by atoms with E-state index in [0.29, 0.717) is 34.2 Å². The Labute approximate surface area is 345 Å². The summed E-state index contributed by atoms with van der Waals surface area (Å²) in [6.45, 7) is 0. The Kier molecular flexibility index (Phi) is 10.3. The molecule has 9 rings (SSSR count). The van der Waals surface area contributed by atoms with E-state index in [1.807, 2.05) is 146 Å². The molecule has 0 unspecified atom stereocenters. The van der Waals surface area contributed by atoms with Crippen molar-refractivity contribution in [1.29, 1.82) is 0 Å². The number of rotatable bonds is 6. The normalized spacial score (nSPS) is 10.5. The van der Waals surface area contributed by atoms with E-state index in [2.05, 4.69) is 43.6 Å². The number of aromatic nitrogens is 6. The van der Waals surface area contributed by atoms with E-state index in [1.54, 1.807) is 24.5 Å². The van der Waals surface area contributed by atoms with Crippen LogP contribution in [-0.4, -0.2) is 29.9 Å². The van der Waals surface area contributed by atoms with Gasteiger partial charge in [0.2, 0.25) is 11.1 Å². The zero-order valence-electron chi connectivity index (χ0n) is 31.9. The molecule has 282 valence electrons. The van der Waals surface area contributed by atoms with Crippen molar-refractivity contribution in [2.24, 2.45) is 0 Å². The number of hydrogen-bond donors (Lipinski definition) is 2. The number of nitrogens with one attached hydrogen (secondary N) is 2. The third-order valence-corrected chi connectivity index (χ3v) is 9.60. The van der Waals surface area contributed by atoms with Crippen LogP contribution in [0.3, 0.4) is 0 Å². The first-order chi connectivity index (χ1) is 29.5. The Morgan fingerprint density at radius 2 is 0.750 bits per heavy atom. The number of pyridine rings is 6. The average Bonchev–Trinajstić information content (AvgIpc) is 3.31. The Bertz CT molecular complexity index is 3030. The molecule has 2 N–H and O–H groups in total. The summed E-state index contributed by atoms with van der Waals surface area (Å²) in [4.78, 5) is 48.6. The van der Waals surface area contributed by atoms with Crippen LogP contribution < -0.4 is 11.1 Å². The van der Waals surface area contributed by atoms with Crippen LogP contribution >= 0.6 is 0 Å². The third kappa shape index (κ3) is 8.64. The highest BCUT2D eigenvalue weighted by Gasteiger charge is 2.12. The topological polar surface area (TPSA) is 117 Å². The summed E-state index contributed by atoms with van der Waals surface area (Å²) in [7, 11) is 0. The minimum atomic E-state index is -0.191. The molecule has 60 heavy (non-hydrogen) atoms. The lowest BCUT2D eigenvalue weighted by atomic mass is 10.0. The molecule has 0 aliphatic carbocycles. The Morgan fingerprint density at radius 1 is 0.333 bits per heavy atom. The highest BCUT2D eigenvalue weighted by Crippen LogP contribution is 2.30. The molecule has 0 atom stereocenters. The molecule has 0 aliphatic heterocycles. The van der Waals surface area contributed by atoms with Gasteiger partial charge >= 0.3 is 0 Å². The molecule has 0 aliphatic rings. The number of benzene rings is 3. The minimum Gasteiger partial charge on any atom is -0.321 e. The highest BCUT2D eigenvalue weighted by molar-refractivity contribution is 5.76. The van der Waals surface area contributed by atoms with E-state index in [9.17, 15) is 9.59 Å². The Morgan fingerprint density at radius 3 is 1.17 bits per heavy atom. The second-order valence-electron chi connectivity index (χ2n) is 13.8. The van der Waals surface area contributed by atoms with Crippen molar-refractivity contribution in [2.75, 3.05) is 0 Å². The lowest BCUT2D eigenvalue weighted by molar-refractivity contribution is 1.19. The van der Waals surface area contributed by atoms with Gasteiger partial charge in [-0.05, 0) is 125 Å². The number of nitrogens with zero attached hydrogens (tertiary/aromatic N) is 4. The highest BCUT2D eigenvalue weighted by atomic mass is 16.1. The van der Waals surface area contributed by atoms with Crippen LogP contribution in [-0.2, 0) is 0 Å². The molecule has 0 fully saturated rings. The van der Waals surface area contributed by atoms with Gasteiger partial charge in [0, 0.05) is 46.8 Å². The molecule has 0 bridgehead atoms.